The largest absolute Gasteiger partial charge is 0.348 e. The molecular formula is C18H32N2O4. The number of ketones is 2. The Balaban J connectivity index is 3.72. The molecule has 0 aromatic rings. The van der Waals surface area contributed by atoms with Crippen LogP contribution in [0.1, 0.15) is 78.1 Å². The first kappa shape index (κ1) is 22.3. The highest BCUT2D eigenvalue weighted by molar-refractivity contribution is 6.36. The van der Waals surface area contributed by atoms with Gasteiger partial charge in [-0.15, -0.1) is 0 Å². The van der Waals surface area contributed by atoms with Gasteiger partial charge in [-0.1, -0.05) is 52.4 Å². The molecule has 0 aliphatic rings. The van der Waals surface area contributed by atoms with Crippen LogP contribution in [0.5, 0.6) is 0 Å². The van der Waals surface area contributed by atoms with Crippen molar-refractivity contribution in [3.8, 4) is 0 Å². The normalized spacial score (nSPS) is 10.2. The molecule has 0 aliphatic heterocycles. The van der Waals surface area contributed by atoms with Gasteiger partial charge in [0.15, 0.2) is 0 Å². The maximum absolute atomic E-state index is 11.6. The third kappa shape index (κ3) is 11.8. The molecular weight excluding hydrogens is 308 g/mol. The summed E-state index contributed by atoms with van der Waals surface area (Å²) in [6.45, 7) is 4.46. The van der Waals surface area contributed by atoms with Crippen LogP contribution >= 0.6 is 0 Å². The Morgan fingerprint density at radius 2 is 0.958 bits per heavy atom. The van der Waals surface area contributed by atoms with Crippen LogP contribution in [0.15, 0.2) is 0 Å². The lowest BCUT2D eigenvalue weighted by Gasteiger charge is -2.06. The number of unbranched alkanes of at least 4 members (excludes halogenated alkanes) is 6. The van der Waals surface area contributed by atoms with Gasteiger partial charge in [-0.3, -0.25) is 19.2 Å². The Hall–Kier alpha value is -1.72. The van der Waals surface area contributed by atoms with Gasteiger partial charge in [-0.05, 0) is 12.8 Å². The van der Waals surface area contributed by atoms with Crippen LogP contribution in [0.3, 0.4) is 0 Å². The zero-order valence-corrected chi connectivity index (χ0v) is 15.1. The summed E-state index contributed by atoms with van der Waals surface area (Å²) < 4.78 is 0. The lowest BCUT2D eigenvalue weighted by molar-refractivity contribution is -0.138. The van der Waals surface area contributed by atoms with Crippen molar-refractivity contribution in [2.24, 2.45) is 0 Å². The fraction of sp³-hybridized carbons (Fsp3) is 0.778. The first-order valence-corrected chi connectivity index (χ1v) is 9.14. The molecule has 2 N–H and O–H groups in total. The fourth-order valence-corrected chi connectivity index (χ4v) is 2.20. The van der Waals surface area contributed by atoms with E-state index in [-0.39, 0.29) is 25.9 Å². The van der Waals surface area contributed by atoms with Crippen LogP contribution in [-0.2, 0) is 19.2 Å². The third-order valence-electron chi connectivity index (χ3n) is 3.72. The summed E-state index contributed by atoms with van der Waals surface area (Å²) in [4.78, 5) is 46.2. The Morgan fingerprint density at radius 3 is 1.29 bits per heavy atom. The standard InChI is InChI=1S/C18H32N2O4/c1-3-5-7-9-11-15(21)17(23)19-13-14-20-18(24)16(22)12-10-8-6-4-2/h3-14H2,1-2H3,(H,19,23)(H,20,24). The van der Waals surface area contributed by atoms with E-state index < -0.39 is 23.4 Å². The van der Waals surface area contributed by atoms with Crippen molar-refractivity contribution in [2.45, 2.75) is 78.1 Å². The lowest BCUT2D eigenvalue weighted by Crippen LogP contribution is -2.39. The molecule has 0 heterocycles. The quantitative estimate of drug-likeness (QED) is 0.353. The average Bonchev–Trinajstić information content (AvgIpc) is 2.58. The Labute approximate surface area is 145 Å². The molecule has 6 nitrogen and oxygen atoms in total. The van der Waals surface area contributed by atoms with Gasteiger partial charge in [0.2, 0.25) is 11.6 Å². The number of amides is 2. The van der Waals surface area contributed by atoms with Gasteiger partial charge in [-0.2, -0.15) is 0 Å². The van der Waals surface area contributed by atoms with Crippen molar-refractivity contribution >= 4 is 23.4 Å². The Bertz CT molecular complexity index is 370. The highest BCUT2D eigenvalue weighted by atomic mass is 16.2. The maximum atomic E-state index is 11.6. The van der Waals surface area contributed by atoms with Crippen LogP contribution in [-0.4, -0.2) is 36.5 Å². The number of rotatable bonds is 15. The molecule has 0 bridgehead atoms. The summed E-state index contributed by atoms with van der Waals surface area (Å²) in [5.74, 6) is -2.09. The molecule has 2 amide bonds. The summed E-state index contributed by atoms with van der Waals surface area (Å²) in [7, 11) is 0. The zero-order valence-electron chi connectivity index (χ0n) is 15.1. The van der Waals surface area contributed by atoms with E-state index >= 15 is 0 Å². The Morgan fingerprint density at radius 1 is 0.583 bits per heavy atom. The van der Waals surface area contributed by atoms with Crippen molar-refractivity contribution in [3.63, 3.8) is 0 Å². The molecule has 24 heavy (non-hydrogen) atoms. The molecule has 0 fully saturated rings. The third-order valence-corrected chi connectivity index (χ3v) is 3.72. The first-order valence-electron chi connectivity index (χ1n) is 9.14. The van der Waals surface area contributed by atoms with Crippen LogP contribution < -0.4 is 10.6 Å². The van der Waals surface area contributed by atoms with E-state index in [0.717, 1.165) is 51.4 Å². The lowest BCUT2D eigenvalue weighted by atomic mass is 10.1. The predicted octanol–water partition coefficient (Wildman–Crippen LogP) is 2.30. The molecule has 0 aromatic heterocycles. The second-order valence-electron chi connectivity index (χ2n) is 5.98. The molecule has 0 spiro atoms. The van der Waals surface area contributed by atoms with Gasteiger partial charge in [0.1, 0.15) is 0 Å². The van der Waals surface area contributed by atoms with Gasteiger partial charge in [-0.25, -0.2) is 0 Å². The van der Waals surface area contributed by atoms with E-state index in [1.54, 1.807) is 0 Å². The zero-order chi connectivity index (χ0) is 18.2. The van der Waals surface area contributed by atoms with Gasteiger partial charge in [0, 0.05) is 25.9 Å². The maximum Gasteiger partial charge on any atom is 0.287 e. The van der Waals surface area contributed by atoms with Crippen LogP contribution in [0.4, 0.5) is 0 Å². The van der Waals surface area contributed by atoms with E-state index in [0.29, 0.717) is 0 Å². The van der Waals surface area contributed by atoms with Crippen molar-refractivity contribution < 1.29 is 19.2 Å². The van der Waals surface area contributed by atoms with E-state index in [4.69, 9.17) is 0 Å². The van der Waals surface area contributed by atoms with E-state index in [9.17, 15) is 19.2 Å². The minimum atomic E-state index is -0.619. The molecule has 0 atom stereocenters. The molecule has 0 saturated heterocycles. The summed E-state index contributed by atoms with van der Waals surface area (Å²) >= 11 is 0. The predicted molar refractivity (Wildman–Crippen MR) is 93.6 cm³/mol. The van der Waals surface area contributed by atoms with Gasteiger partial charge in [0.25, 0.3) is 11.8 Å². The van der Waals surface area contributed by atoms with Gasteiger partial charge < -0.3 is 10.6 Å². The van der Waals surface area contributed by atoms with Crippen molar-refractivity contribution in [2.75, 3.05) is 13.1 Å². The number of hydrogen-bond acceptors (Lipinski definition) is 4. The minimum Gasteiger partial charge on any atom is -0.348 e. The topological polar surface area (TPSA) is 92.3 Å². The molecule has 0 saturated carbocycles. The van der Waals surface area contributed by atoms with Crippen molar-refractivity contribution in [3.05, 3.63) is 0 Å². The fourth-order valence-electron chi connectivity index (χ4n) is 2.20. The number of nitrogens with one attached hydrogen (secondary N) is 2. The molecule has 0 rings (SSSR count). The van der Waals surface area contributed by atoms with Crippen molar-refractivity contribution in [1.82, 2.24) is 10.6 Å². The van der Waals surface area contributed by atoms with E-state index in [1.807, 2.05) is 0 Å². The van der Waals surface area contributed by atoms with Crippen molar-refractivity contribution in [1.29, 1.82) is 0 Å². The molecule has 0 radical (unpaired) electrons. The number of hydrogen-bond donors (Lipinski definition) is 2. The number of carbonyl (C=O) groups excluding carboxylic acids is 4. The number of carbonyl (C=O) groups is 4. The summed E-state index contributed by atoms with van der Waals surface area (Å²) in [5.41, 5.74) is 0. The highest BCUT2D eigenvalue weighted by Gasteiger charge is 2.14. The second kappa shape index (κ2) is 14.8. The van der Waals surface area contributed by atoms with Crippen LogP contribution in [0.2, 0.25) is 0 Å². The monoisotopic (exact) mass is 340 g/mol. The second-order valence-corrected chi connectivity index (χ2v) is 5.98. The summed E-state index contributed by atoms with van der Waals surface area (Å²) in [6, 6.07) is 0. The van der Waals surface area contributed by atoms with E-state index in [2.05, 4.69) is 24.5 Å². The minimum absolute atomic E-state index is 0.147. The summed E-state index contributed by atoms with van der Waals surface area (Å²) in [6.07, 6.45) is 8.16. The van der Waals surface area contributed by atoms with Crippen LogP contribution in [0.25, 0.3) is 0 Å². The van der Waals surface area contributed by atoms with Gasteiger partial charge >= 0.3 is 0 Å². The molecule has 138 valence electrons. The Kier molecular flexibility index (Phi) is 13.8. The smallest absolute Gasteiger partial charge is 0.287 e. The van der Waals surface area contributed by atoms with E-state index in [1.165, 1.54) is 0 Å². The van der Waals surface area contributed by atoms with Crippen LogP contribution in [0, 0.1) is 0 Å². The molecule has 0 aromatic carbocycles. The average molecular weight is 340 g/mol. The number of Topliss-reactive ketones (excluding diaryl/α,β-unsaturated/α-hetero) is 2. The molecule has 6 heteroatoms. The molecule has 0 unspecified atom stereocenters. The highest BCUT2D eigenvalue weighted by Crippen LogP contribution is 2.03. The summed E-state index contributed by atoms with van der Waals surface area (Å²) in [5, 5.41) is 4.93. The van der Waals surface area contributed by atoms with Gasteiger partial charge in [0.05, 0.1) is 0 Å². The SMILES string of the molecule is CCCCCCC(=O)C(=O)NCCNC(=O)C(=O)CCCCCC. The first-order chi connectivity index (χ1) is 11.5. The molecule has 0 aliphatic carbocycles.